The molecule has 0 amide bonds. The van der Waals surface area contributed by atoms with E-state index in [9.17, 15) is 8.42 Å². The summed E-state index contributed by atoms with van der Waals surface area (Å²) in [7, 11) is -3.64. The fourth-order valence-corrected chi connectivity index (χ4v) is 4.18. The third-order valence-electron chi connectivity index (χ3n) is 2.12. The third-order valence-corrected chi connectivity index (χ3v) is 5.41. The second-order valence-electron chi connectivity index (χ2n) is 3.53. The number of ether oxygens (including phenoxy) is 2. The summed E-state index contributed by atoms with van der Waals surface area (Å²) in [5.74, 6) is 0. The molecule has 0 saturated heterocycles. The number of hydrogen-bond acceptors (Lipinski definition) is 6. The minimum absolute atomic E-state index is 0.0406. The van der Waals surface area contributed by atoms with Crippen LogP contribution in [0.2, 0.25) is 4.47 Å². The molecule has 0 bridgehead atoms. The molecule has 6 nitrogen and oxygen atoms in total. The van der Waals surface area contributed by atoms with Crippen molar-refractivity contribution in [2.45, 2.75) is 31.3 Å². The highest BCUT2D eigenvalue weighted by atomic mass is 35.5. The van der Waals surface area contributed by atoms with Gasteiger partial charge in [-0.3, -0.25) is 0 Å². The molecule has 9 heteroatoms. The molecule has 0 aromatic carbocycles. The van der Waals surface area contributed by atoms with Crippen LogP contribution in [0.15, 0.2) is 4.21 Å². The van der Waals surface area contributed by atoms with Crippen LogP contribution in [0.25, 0.3) is 0 Å². The van der Waals surface area contributed by atoms with Gasteiger partial charge in [-0.2, -0.15) is 0 Å². The zero-order valence-electron chi connectivity index (χ0n) is 11.0. The Morgan fingerprint density at radius 3 is 2.37 bits per heavy atom. The summed E-state index contributed by atoms with van der Waals surface area (Å²) >= 11 is 6.62. The first-order valence-corrected chi connectivity index (χ1v) is 8.44. The number of sulfonamides is 1. The van der Waals surface area contributed by atoms with Crippen molar-refractivity contribution in [3.63, 3.8) is 0 Å². The van der Waals surface area contributed by atoms with Gasteiger partial charge in [-0.1, -0.05) is 22.9 Å². The predicted molar refractivity (Wildman–Crippen MR) is 74.1 cm³/mol. The van der Waals surface area contributed by atoms with Gasteiger partial charge in [-0.15, -0.1) is 0 Å². The number of rotatable bonds is 8. The van der Waals surface area contributed by atoms with E-state index in [1.54, 1.807) is 6.92 Å². The number of nitrogens with zero attached hydrogens (tertiary/aromatic N) is 1. The van der Waals surface area contributed by atoms with Crippen LogP contribution in [0.4, 0.5) is 0 Å². The summed E-state index contributed by atoms with van der Waals surface area (Å²) in [4.78, 5) is 3.88. The number of thiazole rings is 1. The Kier molecular flexibility index (Phi) is 6.64. The molecule has 1 aromatic rings. The maximum absolute atomic E-state index is 12.1. The van der Waals surface area contributed by atoms with Crippen LogP contribution >= 0.6 is 22.9 Å². The van der Waals surface area contributed by atoms with Crippen LogP contribution in [0.5, 0.6) is 0 Å². The van der Waals surface area contributed by atoms with Crippen molar-refractivity contribution in [1.82, 2.24) is 9.71 Å². The SMILES string of the molecule is CCOC(CNS(=O)(=O)c1sc(Cl)nc1C)OCC. The quantitative estimate of drug-likeness (QED) is 0.736. The van der Waals surface area contributed by atoms with Crippen LogP contribution < -0.4 is 4.72 Å². The predicted octanol–water partition coefficient (Wildman–Crippen LogP) is 1.78. The Bertz CT molecular complexity index is 498. The molecule has 19 heavy (non-hydrogen) atoms. The summed E-state index contributed by atoms with van der Waals surface area (Å²) in [5, 5.41) is 0. The molecular formula is C10H17ClN2O4S2. The largest absolute Gasteiger partial charge is 0.352 e. The second-order valence-corrected chi connectivity index (χ2v) is 7.08. The molecule has 110 valence electrons. The van der Waals surface area contributed by atoms with Gasteiger partial charge < -0.3 is 9.47 Å². The van der Waals surface area contributed by atoms with Crippen molar-refractivity contribution >= 4 is 33.0 Å². The van der Waals surface area contributed by atoms with E-state index in [1.807, 2.05) is 13.8 Å². The molecule has 1 heterocycles. The monoisotopic (exact) mass is 328 g/mol. The van der Waals surface area contributed by atoms with E-state index >= 15 is 0 Å². The van der Waals surface area contributed by atoms with Crippen LogP contribution in [0, 0.1) is 6.92 Å². The molecule has 0 aliphatic rings. The van der Waals surface area contributed by atoms with Crippen molar-refractivity contribution in [3.8, 4) is 0 Å². The minimum atomic E-state index is -3.64. The average molecular weight is 329 g/mol. The lowest BCUT2D eigenvalue weighted by Crippen LogP contribution is -2.35. The van der Waals surface area contributed by atoms with Crippen LogP contribution in [0.3, 0.4) is 0 Å². The Morgan fingerprint density at radius 1 is 1.37 bits per heavy atom. The topological polar surface area (TPSA) is 77.5 Å². The molecule has 0 atom stereocenters. The molecule has 0 saturated carbocycles. The zero-order chi connectivity index (χ0) is 14.5. The molecule has 0 aliphatic carbocycles. The molecule has 1 aromatic heterocycles. The molecule has 1 rings (SSSR count). The van der Waals surface area contributed by atoms with Gasteiger partial charge in [0.15, 0.2) is 15.0 Å². The maximum atomic E-state index is 12.1. The number of aromatic nitrogens is 1. The van der Waals surface area contributed by atoms with Crippen molar-refractivity contribution in [3.05, 3.63) is 10.2 Å². The summed E-state index contributed by atoms with van der Waals surface area (Å²) in [6.45, 7) is 6.15. The first-order valence-electron chi connectivity index (χ1n) is 5.76. The molecule has 0 unspecified atom stereocenters. The van der Waals surface area contributed by atoms with E-state index in [2.05, 4.69) is 9.71 Å². The molecule has 0 fully saturated rings. The van der Waals surface area contributed by atoms with E-state index in [1.165, 1.54) is 0 Å². The Morgan fingerprint density at radius 2 is 1.95 bits per heavy atom. The van der Waals surface area contributed by atoms with E-state index in [0.717, 1.165) is 11.3 Å². The van der Waals surface area contributed by atoms with Gasteiger partial charge in [-0.05, 0) is 20.8 Å². The van der Waals surface area contributed by atoms with Gasteiger partial charge in [0, 0.05) is 13.2 Å². The standard InChI is InChI=1S/C10H17ClN2O4S2/c1-4-16-8(17-5-2)6-12-19(14,15)9-7(3)13-10(11)18-9/h8,12H,4-6H2,1-3H3. The molecule has 0 aliphatic heterocycles. The number of aryl methyl sites for hydroxylation is 1. The highest BCUT2D eigenvalue weighted by Gasteiger charge is 2.22. The normalized spacial score (nSPS) is 12.3. The van der Waals surface area contributed by atoms with Crippen molar-refractivity contribution in [2.75, 3.05) is 19.8 Å². The fourth-order valence-electron chi connectivity index (χ4n) is 1.38. The first-order chi connectivity index (χ1) is 8.90. The van der Waals surface area contributed by atoms with E-state index in [0.29, 0.717) is 18.9 Å². The van der Waals surface area contributed by atoms with E-state index < -0.39 is 16.3 Å². The Labute approximate surface area is 122 Å². The van der Waals surface area contributed by atoms with Gasteiger partial charge in [0.2, 0.25) is 0 Å². The maximum Gasteiger partial charge on any atom is 0.252 e. The van der Waals surface area contributed by atoms with Crippen LogP contribution in [0.1, 0.15) is 19.5 Å². The lowest BCUT2D eigenvalue weighted by Gasteiger charge is -2.17. The molecule has 1 N–H and O–H groups in total. The lowest BCUT2D eigenvalue weighted by atomic mass is 10.6. The number of halogens is 1. The Hall–Kier alpha value is -0.250. The van der Waals surface area contributed by atoms with Gasteiger partial charge in [0.25, 0.3) is 10.0 Å². The summed E-state index contributed by atoms with van der Waals surface area (Å²) in [6, 6.07) is 0. The lowest BCUT2D eigenvalue weighted by molar-refractivity contribution is -0.130. The van der Waals surface area contributed by atoms with Gasteiger partial charge in [0.1, 0.15) is 0 Å². The fraction of sp³-hybridized carbons (Fsp3) is 0.700. The van der Waals surface area contributed by atoms with Gasteiger partial charge >= 0.3 is 0 Å². The van der Waals surface area contributed by atoms with Gasteiger partial charge in [-0.25, -0.2) is 18.1 Å². The van der Waals surface area contributed by atoms with Crippen molar-refractivity contribution in [1.29, 1.82) is 0 Å². The van der Waals surface area contributed by atoms with Gasteiger partial charge in [0.05, 0.1) is 12.2 Å². The highest BCUT2D eigenvalue weighted by molar-refractivity contribution is 7.91. The highest BCUT2D eigenvalue weighted by Crippen LogP contribution is 2.26. The summed E-state index contributed by atoms with van der Waals surface area (Å²) in [5.41, 5.74) is 0.381. The van der Waals surface area contributed by atoms with Crippen molar-refractivity contribution < 1.29 is 17.9 Å². The summed E-state index contributed by atoms with van der Waals surface area (Å²) in [6.07, 6.45) is -0.603. The van der Waals surface area contributed by atoms with Crippen molar-refractivity contribution in [2.24, 2.45) is 0 Å². The van der Waals surface area contributed by atoms with E-state index in [-0.39, 0.29) is 15.2 Å². The third kappa shape index (κ3) is 4.97. The van der Waals surface area contributed by atoms with Crippen LogP contribution in [-0.4, -0.2) is 39.5 Å². The number of nitrogens with one attached hydrogen (secondary N) is 1. The molecule has 0 spiro atoms. The summed E-state index contributed by atoms with van der Waals surface area (Å²) < 4.78 is 37.4. The minimum Gasteiger partial charge on any atom is -0.352 e. The zero-order valence-corrected chi connectivity index (χ0v) is 13.4. The van der Waals surface area contributed by atoms with Crippen LogP contribution in [-0.2, 0) is 19.5 Å². The smallest absolute Gasteiger partial charge is 0.252 e. The Balaban J connectivity index is 2.72. The number of hydrogen-bond donors (Lipinski definition) is 1. The first kappa shape index (κ1) is 16.8. The van der Waals surface area contributed by atoms with E-state index in [4.69, 9.17) is 21.1 Å². The average Bonchev–Trinajstić information content (AvgIpc) is 2.67. The second kappa shape index (κ2) is 7.51. The molecule has 0 radical (unpaired) electrons. The molecular weight excluding hydrogens is 312 g/mol.